The van der Waals surface area contributed by atoms with Gasteiger partial charge in [0, 0.05) is 11.5 Å². The summed E-state index contributed by atoms with van der Waals surface area (Å²) >= 11 is 0. The Hall–Kier alpha value is -0.680. The molecule has 0 aliphatic carbocycles. The van der Waals surface area contributed by atoms with E-state index >= 15 is 0 Å². The summed E-state index contributed by atoms with van der Waals surface area (Å²) in [5.41, 5.74) is 0. The third-order valence-corrected chi connectivity index (χ3v) is 4.15. The summed E-state index contributed by atoms with van der Waals surface area (Å²) in [6.07, 6.45) is 0. The van der Waals surface area contributed by atoms with Crippen LogP contribution in [0.2, 0.25) is 0 Å². The normalized spacial score (nSPS) is 12.1. The Morgan fingerprint density at radius 3 is 1.80 bits per heavy atom. The largest absolute Gasteiger partial charge is 1.00 e. The summed E-state index contributed by atoms with van der Waals surface area (Å²) in [7, 11) is -8.99. The average molecular weight is 327 g/mol. The fourth-order valence-corrected chi connectivity index (χ4v) is 2.66. The predicted molar refractivity (Wildman–Crippen MR) is 65.2 cm³/mol. The summed E-state index contributed by atoms with van der Waals surface area (Å²) < 4.78 is 61.7. The van der Waals surface area contributed by atoms with Crippen LogP contribution in [-0.4, -0.2) is 31.0 Å². The zero-order valence-corrected chi connectivity index (χ0v) is 13.8. The molecule has 20 heavy (non-hydrogen) atoms. The molecule has 2 aromatic rings. The summed E-state index contributed by atoms with van der Waals surface area (Å²) in [4.78, 5) is -1.03. The molecule has 10 heteroatoms. The van der Waals surface area contributed by atoms with Crippen molar-refractivity contribution in [3.63, 3.8) is 0 Å². The van der Waals surface area contributed by atoms with E-state index < -0.39 is 35.8 Å². The Balaban J connectivity index is 0.00000200. The summed E-state index contributed by atoms with van der Waals surface area (Å²) in [6.45, 7) is 0. The van der Waals surface area contributed by atoms with Crippen LogP contribution in [0.4, 0.5) is 0 Å². The maximum Gasteiger partial charge on any atom is 1.00 e. The molecular weight excluding hydrogens is 319 g/mol. The minimum atomic E-state index is -4.54. The Labute approximate surface area is 137 Å². The maximum atomic E-state index is 11.0. The number of fused-ring (bicyclic) bond motifs is 1. The second-order valence-electron chi connectivity index (χ2n) is 3.78. The van der Waals surface area contributed by atoms with Gasteiger partial charge in [-0.1, -0.05) is 0 Å². The minimum absolute atomic E-state index is 0. The fraction of sp³-hybridized carbons (Fsp3) is 0. The topological polar surface area (TPSA) is 129 Å². The molecule has 0 aliphatic rings. The molecule has 0 heterocycles. The van der Waals surface area contributed by atoms with Gasteiger partial charge in [-0.15, -0.1) is 0 Å². The molecule has 0 saturated carbocycles. The molecule has 0 bridgehead atoms. The molecule has 102 valence electrons. The molecule has 0 amide bonds. The van der Waals surface area contributed by atoms with Gasteiger partial charge in [0.1, 0.15) is 5.75 Å². The van der Waals surface area contributed by atoms with Crippen molar-refractivity contribution >= 4 is 31.0 Å². The molecule has 2 aromatic carbocycles. The summed E-state index contributed by atoms with van der Waals surface area (Å²) in [5.74, 6) is -0.438. The Bertz CT molecular complexity index is 867. The second-order valence-corrected chi connectivity index (χ2v) is 6.62. The van der Waals surface area contributed by atoms with Crippen LogP contribution in [-0.2, 0) is 20.2 Å². The predicted octanol–water partition coefficient (Wildman–Crippen LogP) is -1.96. The Morgan fingerprint density at radius 1 is 0.800 bits per heavy atom. The van der Waals surface area contributed by atoms with Gasteiger partial charge in [-0.3, -0.25) is 9.11 Å². The molecule has 3 N–H and O–H groups in total. The average Bonchev–Trinajstić information content (AvgIpc) is 2.25. The third kappa shape index (κ3) is 3.50. The zero-order valence-electron chi connectivity index (χ0n) is 10.2. The van der Waals surface area contributed by atoms with Crippen molar-refractivity contribution in [1.29, 1.82) is 0 Å². The number of rotatable bonds is 2. The molecule has 0 fully saturated rings. The monoisotopic (exact) mass is 327 g/mol. The first kappa shape index (κ1) is 17.4. The van der Waals surface area contributed by atoms with Crippen LogP contribution in [0.5, 0.6) is 5.75 Å². The van der Waals surface area contributed by atoms with Crippen molar-refractivity contribution in [3.8, 4) is 5.75 Å². The van der Waals surface area contributed by atoms with Gasteiger partial charge in [0.05, 0.1) is 9.79 Å². The van der Waals surface area contributed by atoms with E-state index in [0.717, 1.165) is 24.3 Å². The van der Waals surface area contributed by atoms with Gasteiger partial charge in [0.2, 0.25) is 0 Å². The van der Waals surface area contributed by atoms with Crippen molar-refractivity contribution in [2.45, 2.75) is 9.79 Å². The van der Waals surface area contributed by atoms with Gasteiger partial charge in [0.15, 0.2) is 0 Å². The van der Waals surface area contributed by atoms with Gasteiger partial charge in [0.25, 0.3) is 20.2 Å². The molecule has 0 saturated heterocycles. The van der Waals surface area contributed by atoms with E-state index in [0.29, 0.717) is 0 Å². The van der Waals surface area contributed by atoms with Gasteiger partial charge in [-0.25, -0.2) is 0 Å². The van der Waals surface area contributed by atoms with Gasteiger partial charge >= 0.3 is 29.6 Å². The van der Waals surface area contributed by atoms with Gasteiger partial charge in [-0.05, 0) is 29.7 Å². The first-order chi connectivity index (χ1) is 8.59. The SMILES string of the molecule is O=S(=O)(O)c1ccc2c(O)cc(S(=O)(=O)O)cc2c1.[Na+]. The fourth-order valence-electron chi connectivity index (χ4n) is 1.61. The van der Waals surface area contributed by atoms with Gasteiger partial charge < -0.3 is 5.11 Å². The minimum Gasteiger partial charge on any atom is -0.507 e. The van der Waals surface area contributed by atoms with E-state index in [4.69, 9.17) is 9.11 Å². The summed E-state index contributed by atoms with van der Waals surface area (Å²) in [5, 5.41) is 9.85. The van der Waals surface area contributed by atoms with E-state index in [2.05, 4.69) is 0 Å². The van der Waals surface area contributed by atoms with E-state index in [1.54, 1.807) is 0 Å². The van der Waals surface area contributed by atoms with Crippen LogP contribution in [0.3, 0.4) is 0 Å². The first-order valence-corrected chi connectivity index (χ1v) is 7.69. The molecule has 0 radical (unpaired) electrons. The van der Waals surface area contributed by atoms with Crippen LogP contribution in [0, 0.1) is 0 Å². The Morgan fingerprint density at radius 2 is 1.30 bits per heavy atom. The molecule has 0 spiro atoms. The molecule has 2 rings (SSSR count). The molecule has 0 aliphatic heterocycles. The second kappa shape index (κ2) is 5.60. The molecule has 0 unspecified atom stereocenters. The molecule has 0 aromatic heterocycles. The van der Waals surface area contributed by atoms with Crippen molar-refractivity contribution in [2.24, 2.45) is 0 Å². The van der Waals surface area contributed by atoms with Crippen LogP contribution in [0.25, 0.3) is 10.8 Å². The van der Waals surface area contributed by atoms with Crippen molar-refractivity contribution in [2.75, 3.05) is 0 Å². The standard InChI is InChI=1S/C10H8O7S2.Na/c11-10-5-8(19(15,16)17)4-6-3-7(18(12,13)14)1-2-9(6)10;/h1-5,11H,(H,12,13,14)(H,15,16,17);/q;+1. The third-order valence-electron chi connectivity index (χ3n) is 2.47. The number of benzene rings is 2. The molecular formula is C10H8NaO7S2+. The van der Waals surface area contributed by atoms with Crippen molar-refractivity contribution in [3.05, 3.63) is 30.3 Å². The number of hydrogen-bond donors (Lipinski definition) is 3. The Kier molecular flexibility index (Phi) is 4.87. The molecule has 7 nitrogen and oxygen atoms in total. The van der Waals surface area contributed by atoms with E-state index in [1.807, 2.05) is 0 Å². The number of phenolic OH excluding ortho intramolecular Hbond substituents is 1. The van der Waals surface area contributed by atoms with E-state index in [1.165, 1.54) is 6.07 Å². The quantitative estimate of drug-likeness (QED) is 0.431. The number of phenols is 1. The maximum absolute atomic E-state index is 11.0. The van der Waals surface area contributed by atoms with E-state index in [9.17, 15) is 21.9 Å². The van der Waals surface area contributed by atoms with Crippen LogP contribution in [0.15, 0.2) is 40.1 Å². The van der Waals surface area contributed by atoms with Crippen LogP contribution < -0.4 is 29.6 Å². The number of hydrogen-bond acceptors (Lipinski definition) is 5. The van der Waals surface area contributed by atoms with Gasteiger partial charge in [-0.2, -0.15) is 16.8 Å². The zero-order chi connectivity index (χ0) is 14.4. The van der Waals surface area contributed by atoms with Crippen molar-refractivity contribution < 1.29 is 60.6 Å². The number of aromatic hydroxyl groups is 1. The van der Waals surface area contributed by atoms with Crippen LogP contribution in [0.1, 0.15) is 0 Å². The van der Waals surface area contributed by atoms with Crippen LogP contribution >= 0.6 is 0 Å². The summed E-state index contributed by atoms with van der Waals surface area (Å²) in [6, 6.07) is 5.08. The molecule has 0 atom stereocenters. The van der Waals surface area contributed by atoms with Crippen molar-refractivity contribution in [1.82, 2.24) is 0 Å². The first-order valence-electron chi connectivity index (χ1n) is 4.81. The van der Waals surface area contributed by atoms with E-state index in [-0.39, 0.29) is 40.3 Å². The smallest absolute Gasteiger partial charge is 0.507 e.